The van der Waals surface area contributed by atoms with E-state index in [9.17, 15) is 49.0 Å². The van der Waals surface area contributed by atoms with Gasteiger partial charge in [0.05, 0.1) is 73.6 Å². The molecule has 0 saturated carbocycles. The number of carbonyl (C=O) groups excluding carboxylic acids is 4. The van der Waals surface area contributed by atoms with Crippen LogP contribution in [0.4, 0.5) is 5.69 Å². The molecule has 5 aromatic carbocycles. The summed E-state index contributed by atoms with van der Waals surface area (Å²) in [6.45, 7) is 12.5. The Morgan fingerprint density at radius 3 is 2.00 bits per heavy atom. The van der Waals surface area contributed by atoms with E-state index in [0.717, 1.165) is 43.6 Å². The number of ketones is 1. The maximum atomic E-state index is 13.6. The number of nitrogens with one attached hydrogen (secondary N) is 4. The predicted octanol–water partition coefficient (Wildman–Crippen LogP) is 5.04. The summed E-state index contributed by atoms with van der Waals surface area (Å²) in [7, 11) is -13.5. The van der Waals surface area contributed by atoms with Crippen LogP contribution in [0.2, 0.25) is 0 Å². The van der Waals surface area contributed by atoms with Gasteiger partial charge in [-0.05, 0) is 107 Å². The first-order valence-electron chi connectivity index (χ1n) is 30.6. The van der Waals surface area contributed by atoms with Crippen LogP contribution in [0.3, 0.4) is 0 Å². The summed E-state index contributed by atoms with van der Waals surface area (Å²) < 4.78 is 119. The highest BCUT2D eigenvalue weighted by atomic mass is 32.2. The number of nitrogens with two attached hydrogens (primary N) is 1. The van der Waals surface area contributed by atoms with Crippen molar-refractivity contribution in [3.63, 3.8) is 0 Å². The Labute approximate surface area is 542 Å². The Kier molecular flexibility index (Phi) is 25.0. The largest absolute Gasteiger partial charge is 0.744 e. The third-order valence-corrected chi connectivity index (χ3v) is 18.9. The number of carbonyl (C=O) groups is 4. The second-order valence-electron chi connectivity index (χ2n) is 21.7. The molecule has 6 aromatic rings. The molecule has 6 N–H and O–H groups in total. The molecule has 0 fully saturated rings. The molecule has 3 atom stereocenters. The summed E-state index contributed by atoms with van der Waals surface area (Å²) in [5.74, 6) is -1.79. The number of allylic oxidation sites excluding steroid dienone is 3. The summed E-state index contributed by atoms with van der Waals surface area (Å²) in [5, 5.41) is 21.8. The van der Waals surface area contributed by atoms with E-state index in [-0.39, 0.29) is 93.4 Å². The first-order valence-corrected chi connectivity index (χ1v) is 35.1. The van der Waals surface area contributed by atoms with Crippen molar-refractivity contribution in [3.05, 3.63) is 185 Å². The second kappa shape index (κ2) is 33.0. The molecular formula is C65H78N10O15S3. The number of sulfonamides is 2. The molecule has 25 nitrogen and oxygen atoms in total. The van der Waals surface area contributed by atoms with E-state index in [1.807, 2.05) is 70.2 Å². The van der Waals surface area contributed by atoms with Gasteiger partial charge in [-0.1, -0.05) is 65.9 Å². The molecule has 1 aliphatic heterocycles. The van der Waals surface area contributed by atoms with Crippen LogP contribution >= 0.6 is 0 Å². The van der Waals surface area contributed by atoms with Crippen LogP contribution in [-0.4, -0.2) is 164 Å². The Hall–Kier alpha value is -8.32. The zero-order valence-electron chi connectivity index (χ0n) is 52.2. The number of hydrogen-bond acceptors (Lipinski definition) is 18. The fraction of sp³-hybridized carbons (Fsp3) is 0.369. The first-order chi connectivity index (χ1) is 44.6. The topological polar surface area (TPSA) is 342 Å². The molecule has 3 amide bonds. The molecule has 496 valence electrons. The minimum atomic E-state index is -5.20. The zero-order chi connectivity index (χ0) is 66.7. The van der Waals surface area contributed by atoms with Crippen molar-refractivity contribution in [3.8, 4) is 5.75 Å². The number of rotatable bonds is 35. The monoisotopic (exact) mass is 1330 g/mol. The van der Waals surface area contributed by atoms with Crippen LogP contribution in [-0.2, 0) is 62.3 Å². The van der Waals surface area contributed by atoms with Crippen LogP contribution in [0, 0.1) is 5.92 Å². The molecule has 0 bridgehead atoms. The van der Waals surface area contributed by atoms with Gasteiger partial charge in [0.1, 0.15) is 46.5 Å². The standard InChI is InChI=1S/C65H78N10O15S3/c1-5-73(6-2)50-23-28-54-58(40-50)90-59-41-51(74(7-3)8-4)24-29-55(59)61(54)56-30-27-53(42-60(56)93(84,85)86)92(82,83)69-32-34-87-36-38-89-39-37-88-35-33-75-44-49(71-72-75)43-68-65(79)57(70-64(78)48-21-25-52(26-22-48)91(66,80)81)16-12-13-31-67-63(77)47-19-17-46(18-20-47)62(76)45-14-10-9-11-15-45/h9-11,14-15,17-30,40-42,44,54,57,61,69H,5-8,12-13,16,31-39,43H2,1-4H3,(H5-,66,67,68,70,77,78,79,80,81,84,85,86)/t54?,57-,61?/m0/s1. The lowest BCUT2D eigenvalue weighted by atomic mass is 9.75. The molecule has 0 radical (unpaired) electrons. The maximum absolute atomic E-state index is 13.6. The van der Waals surface area contributed by atoms with E-state index in [1.54, 1.807) is 54.7 Å². The van der Waals surface area contributed by atoms with Gasteiger partial charge in [0.25, 0.3) is 11.8 Å². The van der Waals surface area contributed by atoms with Crippen LogP contribution in [0.1, 0.15) is 106 Å². The fourth-order valence-corrected chi connectivity index (χ4v) is 13.1. The number of unbranched alkanes of at least 4 members (excludes halogenated alkanes) is 1. The van der Waals surface area contributed by atoms with Gasteiger partial charge < -0.3 is 44.4 Å². The molecular weight excluding hydrogens is 1260 g/mol. The lowest BCUT2D eigenvalue weighted by molar-refractivity contribution is -0.519. The van der Waals surface area contributed by atoms with E-state index in [4.69, 9.17) is 24.1 Å². The molecule has 0 spiro atoms. The molecule has 0 saturated heterocycles. The molecule has 2 unspecified atom stereocenters. The van der Waals surface area contributed by atoms with Gasteiger partial charge in [-0.25, -0.2) is 44.4 Å². The highest BCUT2D eigenvalue weighted by molar-refractivity contribution is 7.89. The normalized spacial score (nSPS) is 14.9. The van der Waals surface area contributed by atoms with E-state index in [1.165, 1.54) is 41.1 Å². The number of anilines is 1. The summed E-state index contributed by atoms with van der Waals surface area (Å²) in [5.41, 5.74) is 4.48. The quantitative estimate of drug-likeness (QED) is 0.0151. The van der Waals surface area contributed by atoms with Gasteiger partial charge in [-0.15, -0.1) is 5.10 Å². The van der Waals surface area contributed by atoms with Gasteiger partial charge in [0.2, 0.25) is 31.7 Å². The van der Waals surface area contributed by atoms with E-state index in [0.29, 0.717) is 58.8 Å². The Balaban J connectivity index is 0.749. The van der Waals surface area contributed by atoms with Crippen LogP contribution in [0.25, 0.3) is 0 Å². The molecule has 28 heteroatoms. The van der Waals surface area contributed by atoms with Crippen molar-refractivity contribution in [2.45, 2.75) is 86.7 Å². The van der Waals surface area contributed by atoms with E-state index >= 15 is 0 Å². The summed E-state index contributed by atoms with van der Waals surface area (Å²) in [4.78, 5) is 53.5. The highest BCUT2D eigenvalue weighted by Crippen LogP contribution is 2.50. The molecule has 1 aliphatic carbocycles. The molecule has 1 aromatic heterocycles. The Morgan fingerprint density at radius 2 is 1.33 bits per heavy atom. The third kappa shape index (κ3) is 19.2. The van der Waals surface area contributed by atoms with Crippen molar-refractivity contribution >= 4 is 65.1 Å². The second-order valence-corrected chi connectivity index (χ2v) is 26.4. The summed E-state index contributed by atoms with van der Waals surface area (Å²) in [6, 6.07) is 28.4. The number of hydrogen-bond donors (Lipinski definition) is 5. The fourth-order valence-electron chi connectivity index (χ4n) is 10.7. The lowest BCUT2D eigenvalue weighted by Gasteiger charge is -2.37. The van der Waals surface area contributed by atoms with E-state index < -0.39 is 69.6 Å². The Morgan fingerprint density at radius 1 is 0.710 bits per heavy atom. The van der Waals surface area contributed by atoms with Crippen molar-refractivity contribution in [1.29, 1.82) is 0 Å². The summed E-state index contributed by atoms with van der Waals surface area (Å²) >= 11 is 0. The average Bonchev–Trinajstić information content (AvgIpc) is 0.968. The number of nitrogens with zero attached hydrogens (tertiary/aromatic N) is 5. The SMILES string of the molecule is CCN(CC)c1ccc2c(c1)OC1=CC(=[N+](CC)CC)C=CC1C2c1ccc(S(=O)(=O)NCCOCCOCCOCCn2cc(CNC(=O)[C@H](CCCCNC(=O)c3ccc(C(=O)c4ccccc4)cc3)NC(=O)c3ccc(S(N)(=O)=O)cc3)nn2)cc1S(=O)(=O)[O-]. The van der Waals surface area contributed by atoms with Gasteiger partial charge in [-0.3, -0.25) is 19.2 Å². The molecule has 8 rings (SSSR count). The third-order valence-electron chi connectivity index (χ3n) is 15.7. The number of amides is 3. The Bertz CT molecular complexity index is 4040. The van der Waals surface area contributed by atoms with Crippen molar-refractivity contribution in [2.24, 2.45) is 11.1 Å². The van der Waals surface area contributed by atoms with Gasteiger partial charge >= 0.3 is 0 Å². The molecule has 2 aliphatic rings. The van der Waals surface area contributed by atoms with Crippen molar-refractivity contribution in [2.75, 3.05) is 83.8 Å². The van der Waals surface area contributed by atoms with Gasteiger partial charge in [0.15, 0.2) is 5.78 Å². The average molecular weight is 1340 g/mol. The smallest absolute Gasteiger partial charge is 0.251 e. The number of primary sulfonamides is 1. The molecule has 93 heavy (non-hydrogen) atoms. The first kappa shape index (κ1) is 70.5. The lowest BCUT2D eigenvalue weighted by Crippen LogP contribution is -2.46. The number of fused-ring (bicyclic) bond motifs is 2. The van der Waals surface area contributed by atoms with Crippen LogP contribution < -0.4 is 35.4 Å². The van der Waals surface area contributed by atoms with E-state index in [2.05, 4.69) is 40.5 Å². The number of aromatic nitrogens is 3. The van der Waals surface area contributed by atoms with Crippen LogP contribution in [0.5, 0.6) is 5.75 Å². The number of ether oxygens (including phenoxy) is 4. The summed E-state index contributed by atoms with van der Waals surface area (Å²) in [6.07, 6.45) is 8.48. The van der Waals surface area contributed by atoms with Gasteiger partial charge in [0, 0.05) is 89.7 Å². The van der Waals surface area contributed by atoms with Gasteiger partial charge in [-0.2, -0.15) is 0 Å². The zero-order valence-corrected chi connectivity index (χ0v) is 54.6. The molecule has 2 heterocycles. The van der Waals surface area contributed by atoms with Crippen molar-refractivity contribution < 1.29 is 72.5 Å². The minimum absolute atomic E-state index is 0.0341. The van der Waals surface area contributed by atoms with Crippen molar-refractivity contribution in [1.82, 2.24) is 35.7 Å². The minimum Gasteiger partial charge on any atom is -0.744 e. The number of benzene rings is 5. The predicted molar refractivity (Wildman–Crippen MR) is 345 cm³/mol. The highest BCUT2D eigenvalue weighted by Gasteiger charge is 2.40. The maximum Gasteiger partial charge on any atom is 0.251 e. The van der Waals surface area contributed by atoms with Crippen LogP contribution in [0.15, 0.2) is 160 Å².